The Morgan fingerprint density at radius 1 is 0.606 bits per heavy atom. The van der Waals surface area contributed by atoms with E-state index in [0.29, 0.717) is 11.4 Å². The number of rotatable bonds is 5. The molecule has 4 aromatic carbocycles. The van der Waals surface area contributed by atoms with Gasteiger partial charge in [-0.25, -0.2) is 5.10 Å². The van der Waals surface area contributed by atoms with Gasteiger partial charge in [0.15, 0.2) is 0 Å². The first-order chi connectivity index (χ1) is 16.3. The summed E-state index contributed by atoms with van der Waals surface area (Å²) in [6, 6.07) is 42.4. The third-order valence-electron chi connectivity index (χ3n) is 5.48. The molecule has 0 saturated heterocycles. The summed E-state index contributed by atoms with van der Waals surface area (Å²) in [5, 5.41) is 10.3. The van der Waals surface area contributed by atoms with Gasteiger partial charge in [-0.15, -0.1) is 0 Å². The van der Waals surface area contributed by atoms with Crippen LogP contribution in [0.4, 0.5) is 5.69 Å². The van der Waals surface area contributed by atoms with Crippen molar-refractivity contribution < 1.29 is 0 Å². The normalized spacial score (nSPS) is 11.2. The van der Waals surface area contributed by atoms with E-state index in [1.807, 2.05) is 84.9 Å². The highest BCUT2D eigenvalue weighted by Gasteiger charge is 2.28. The predicted molar refractivity (Wildman–Crippen MR) is 138 cm³/mol. The fourth-order valence-electron chi connectivity index (χ4n) is 3.99. The zero-order valence-corrected chi connectivity index (χ0v) is 18.8. The van der Waals surface area contributed by atoms with Crippen LogP contribution in [0.2, 0.25) is 0 Å². The molecule has 160 valence electrons. The molecule has 0 aliphatic carbocycles. The first-order valence-electron chi connectivity index (χ1n) is 10.7. The lowest BCUT2D eigenvalue weighted by molar-refractivity contribution is 0.995. The van der Waals surface area contributed by atoms with E-state index in [1.54, 1.807) is 6.07 Å². The molecule has 5 rings (SSSR count). The van der Waals surface area contributed by atoms with Gasteiger partial charge in [-0.05, 0) is 0 Å². The zero-order valence-electron chi connectivity index (χ0n) is 17.9. The first-order valence-corrected chi connectivity index (χ1v) is 12.5. The summed E-state index contributed by atoms with van der Waals surface area (Å²) in [7, 11) is -2.51. The van der Waals surface area contributed by atoms with E-state index in [-0.39, 0.29) is 5.56 Å². The van der Waals surface area contributed by atoms with Crippen molar-refractivity contribution >= 4 is 28.7 Å². The number of aromatic nitrogens is 2. The van der Waals surface area contributed by atoms with Gasteiger partial charge >= 0.3 is 0 Å². The topological polar surface area (TPSA) is 58.1 Å². The molecule has 0 spiro atoms. The van der Waals surface area contributed by atoms with Crippen molar-refractivity contribution in [2.45, 2.75) is 0 Å². The van der Waals surface area contributed by atoms with E-state index >= 15 is 0 Å². The fraction of sp³-hybridized carbons (Fsp3) is 0. The molecule has 0 aliphatic rings. The highest BCUT2D eigenvalue weighted by atomic mass is 31.2. The number of hydrogen-bond donors (Lipinski definition) is 1. The molecular formula is C28H22N3OP. The van der Waals surface area contributed by atoms with Crippen LogP contribution in [-0.2, 0) is 0 Å². The van der Waals surface area contributed by atoms with E-state index in [0.717, 1.165) is 21.5 Å². The number of benzene rings is 4. The smallest absolute Gasteiger partial charge is 0.266 e. The summed E-state index contributed by atoms with van der Waals surface area (Å²) in [6.07, 6.45) is 0. The number of aromatic amines is 1. The second-order valence-electron chi connectivity index (χ2n) is 7.57. The molecule has 0 bridgehead atoms. The van der Waals surface area contributed by atoms with Crippen LogP contribution in [0.3, 0.4) is 0 Å². The lowest BCUT2D eigenvalue weighted by Gasteiger charge is -2.27. The minimum Gasteiger partial charge on any atom is -0.268 e. The molecule has 4 nitrogen and oxygen atoms in total. The third-order valence-corrected chi connectivity index (χ3v) is 9.13. The summed E-state index contributed by atoms with van der Waals surface area (Å²) in [6.45, 7) is 0. The molecule has 1 heterocycles. The van der Waals surface area contributed by atoms with Gasteiger partial charge in [-0.2, -0.15) is 5.10 Å². The predicted octanol–water partition coefficient (Wildman–Crippen LogP) is 5.25. The Labute approximate surface area is 192 Å². The van der Waals surface area contributed by atoms with E-state index in [9.17, 15) is 4.79 Å². The van der Waals surface area contributed by atoms with Crippen LogP contribution in [0.1, 0.15) is 0 Å². The average Bonchev–Trinajstić information content (AvgIpc) is 2.89. The van der Waals surface area contributed by atoms with E-state index < -0.39 is 7.05 Å². The van der Waals surface area contributed by atoms with Gasteiger partial charge in [0, 0.05) is 27.5 Å². The maximum Gasteiger partial charge on any atom is 0.266 e. The third kappa shape index (κ3) is 4.09. The van der Waals surface area contributed by atoms with Crippen LogP contribution in [0, 0.1) is 0 Å². The maximum absolute atomic E-state index is 12.4. The number of hydrogen-bond acceptors (Lipinski definition) is 3. The van der Waals surface area contributed by atoms with Crippen molar-refractivity contribution in [2.75, 3.05) is 0 Å². The summed E-state index contributed by atoms with van der Waals surface area (Å²) < 4.78 is 5.47. The van der Waals surface area contributed by atoms with Crippen molar-refractivity contribution in [3.8, 4) is 11.3 Å². The Balaban J connectivity index is 1.93. The molecule has 0 aliphatic heterocycles. The number of nitrogens with one attached hydrogen (secondary N) is 1. The van der Waals surface area contributed by atoms with Gasteiger partial charge < -0.3 is 0 Å². The minimum atomic E-state index is -2.51. The Hall–Kier alpha value is -4.01. The van der Waals surface area contributed by atoms with Gasteiger partial charge in [0.2, 0.25) is 0 Å². The highest BCUT2D eigenvalue weighted by Crippen LogP contribution is 2.50. The van der Waals surface area contributed by atoms with Gasteiger partial charge in [0.25, 0.3) is 5.56 Å². The molecule has 1 N–H and O–H groups in total. The van der Waals surface area contributed by atoms with Crippen molar-refractivity contribution in [1.29, 1.82) is 0 Å². The molecule has 0 saturated carbocycles. The Morgan fingerprint density at radius 2 is 1.03 bits per heavy atom. The summed E-state index contributed by atoms with van der Waals surface area (Å²) in [5.41, 5.74) is 1.86. The molecule has 33 heavy (non-hydrogen) atoms. The molecular weight excluding hydrogens is 425 g/mol. The fourth-order valence-corrected chi connectivity index (χ4v) is 7.52. The van der Waals surface area contributed by atoms with Gasteiger partial charge in [-0.1, -0.05) is 121 Å². The standard InChI is InChI=1S/C28H22N3OP/c32-27-21-26(28(30-29-27)22-13-5-1-6-14-22)31-33(23-15-7-2-8-16-23,24-17-9-3-10-18-24)25-19-11-4-12-20-25/h1-21H,(H,29,32). The Kier molecular flexibility index (Phi) is 5.84. The molecule has 1 aromatic heterocycles. The highest BCUT2D eigenvalue weighted by molar-refractivity contribution is 7.87. The molecule has 0 amide bonds. The van der Waals surface area contributed by atoms with Crippen molar-refractivity contribution in [1.82, 2.24) is 10.2 Å². The summed E-state index contributed by atoms with van der Waals surface area (Å²) in [5.74, 6) is 0. The van der Waals surface area contributed by atoms with Gasteiger partial charge in [0.1, 0.15) is 5.69 Å². The van der Waals surface area contributed by atoms with Crippen molar-refractivity contribution in [2.24, 2.45) is 4.74 Å². The molecule has 5 aromatic rings. The van der Waals surface area contributed by atoms with Crippen LogP contribution in [0.15, 0.2) is 137 Å². The van der Waals surface area contributed by atoms with Crippen molar-refractivity contribution in [3.63, 3.8) is 0 Å². The zero-order chi connectivity index (χ0) is 22.5. The van der Waals surface area contributed by atoms with Crippen molar-refractivity contribution in [3.05, 3.63) is 138 Å². The molecule has 0 atom stereocenters. The molecule has 0 fully saturated rings. The van der Waals surface area contributed by atoms with Gasteiger partial charge in [-0.3, -0.25) is 9.54 Å². The molecule has 5 heteroatoms. The number of H-pyrrole nitrogens is 1. The van der Waals surface area contributed by atoms with Crippen LogP contribution >= 0.6 is 7.05 Å². The summed E-state index contributed by atoms with van der Waals surface area (Å²) in [4.78, 5) is 12.4. The lowest BCUT2D eigenvalue weighted by atomic mass is 10.1. The number of nitrogens with zero attached hydrogens (tertiary/aromatic N) is 2. The van der Waals surface area contributed by atoms with Crippen LogP contribution in [0.25, 0.3) is 11.3 Å². The molecule has 0 unspecified atom stereocenters. The van der Waals surface area contributed by atoms with Crippen LogP contribution in [-0.4, -0.2) is 10.2 Å². The first kappa shape index (κ1) is 20.9. The largest absolute Gasteiger partial charge is 0.268 e. The van der Waals surface area contributed by atoms with Crippen LogP contribution < -0.4 is 21.5 Å². The van der Waals surface area contributed by atoms with E-state index in [2.05, 4.69) is 46.6 Å². The quantitative estimate of drug-likeness (QED) is 0.374. The SMILES string of the molecule is O=c1cc(N=P(c2ccccc2)(c2ccccc2)c2ccccc2)c(-c2ccccc2)n[nH]1. The molecule has 0 radical (unpaired) electrons. The van der Waals surface area contributed by atoms with E-state index in [1.165, 1.54) is 0 Å². The second-order valence-corrected chi connectivity index (χ2v) is 10.6. The minimum absolute atomic E-state index is 0.277. The summed E-state index contributed by atoms with van der Waals surface area (Å²) >= 11 is 0. The Morgan fingerprint density at radius 3 is 1.48 bits per heavy atom. The monoisotopic (exact) mass is 447 g/mol. The lowest BCUT2D eigenvalue weighted by Crippen LogP contribution is -2.25. The van der Waals surface area contributed by atoms with Crippen LogP contribution in [0.5, 0.6) is 0 Å². The van der Waals surface area contributed by atoms with Gasteiger partial charge in [0.05, 0.1) is 12.7 Å². The second kappa shape index (κ2) is 9.23. The Bertz CT molecular complexity index is 1360. The van der Waals surface area contributed by atoms with E-state index in [4.69, 9.17) is 4.74 Å². The maximum atomic E-state index is 12.4. The average molecular weight is 447 g/mol.